The number of aromatic amines is 1. The highest BCUT2D eigenvalue weighted by Crippen LogP contribution is 2.23. The van der Waals surface area contributed by atoms with Gasteiger partial charge in [0, 0.05) is 36.3 Å². The number of benzene rings is 1. The van der Waals surface area contributed by atoms with Crippen molar-refractivity contribution in [1.82, 2.24) is 9.88 Å². The van der Waals surface area contributed by atoms with Crippen LogP contribution in [0.2, 0.25) is 0 Å². The molecule has 0 saturated carbocycles. The number of H-pyrrole nitrogens is 1. The van der Waals surface area contributed by atoms with Gasteiger partial charge in [0.2, 0.25) is 0 Å². The number of hydrogen-bond acceptors (Lipinski definition) is 2. The van der Waals surface area contributed by atoms with Crippen LogP contribution in [-0.4, -0.2) is 41.6 Å². The van der Waals surface area contributed by atoms with Gasteiger partial charge in [0.15, 0.2) is 0 Å². The fourth-order valence-electron chi connectivity index (χ4n) is 2.84. The minimum Gasteiger partial charge on any atom is -0.376 e. The molecule has 0 bridgehead atoms. The summed E-state index contributed by atoms with van der Waals surface area (Å²) in [5.74, 6) is 0.0625. The van der Waals surface area contributed by atoms with Crippen molar-refractivity contribution in [2.45, 2.75) is 25.5 Å². The average molecular weight is 258 g/mol. The van der Waals surface area contributed by atoms with E-state index in [1.165, 1.54) is 0 Å². The van der Waals surface area contributed by atoms with Crippen LogP contribution in [0.1, 0.15) is 23.7 Å². The third-order valence-corrected chi connectivity index (χ3v) is 3.98. The molecule has 2 unspecified atom stereocenters. The first-order chi connectivity index (χ1) is 9.18. The van der Waals surface area contributed by atoms with Crippen LogP contribution in [0.5, 0.6) is 0 Å². The molecule has 0 spiro atoms. The third kappa shape index (κ3) is 2.02. The topological polar surface area (TPSA) is 45.3 Å². The summed E-state index contributed by atoms with van der Waals surface area (Å²) in [5.41, 5.74) is 1.75. The fourth-order valence-corrected chi connectivity index (χ4v) is 2.84. The SMILES string of the molecule is CC1OCCC1N(C)C(=O)c1cccc2[nH]ccc12. The molecule has 4 nitrogen and oxygen atoms in total. The van der Waals surface area contributed by atoms with Crippen LogP contribution in [0.3, 0.4) is 0 Å². The van der Waals surface area contributed by atoms with Gasteiger partial charge in [-0.2, -0.15) is 0 Å². The molecule has 3 rings (SSSR count). The standard InChI is InChI=1S/C15H18N2O2/c1-10-14(7-9-19-10)17(2)15(18)12-4-3-5-13-11(12)6-8-16-13/h3-6,8,10,14,16H,7,9H2,1-2H3. The number of ether oxygens (including phenoxy) is 1. The zero-order chi connectivity index (χ0) is 13.4. The predicted molar refractivity (Wildman–Crippen MR) is 74.2 cm³/mol. The van der Waals surface area contributed by atoms with Gasteiger partial charge in [0.05, 0.1) is 12.1 Å². The second-order valence-electron chi connectivity index (χ2n) is 5.09. The Labute approximate surface area is 112 Å². The summed E-state index contributed by atoms with van der Waals surface area (Å²) in [6, 6.07) is 7.89. The van der Waals surface area contributed by atoms with Crippen LogP contribution in [0.15, 0.2) is 30.5 Å². The first-order valence-corrected chi connectivity index (χ1v) is 6.63. The molecule has 2 heterocycles. The second-order valence-corrected chi connectivity index (χ2v) is 5.09. The van der Waals surface area contributed by atoms with Gasteiger partial charge < -0.3 is 14.6 Å². The van der Waals surface area contributed by atoms with E-state index in [1.54, 1.807) is 0 Å². The molecular formula is C15H18N2O2. The summed E-state index contributed by atoms with van der Waals surface area (Å²) in [7, 11) is 1.86. The van der Waals surface area contributed by atoms with Crippen molar-refractivity contribution in [2.75, 3.05) is 13.7 Å². The molecule has 19 heavy (non-hydrogen) atoms. The number of likely N-dealkylation sites (N-methyl/N-ethyl adjacent to an activating group) is 1. The van der Waals surface area contributed by atoms with Gasteiger partial charge >= 0.3 is 0 Å². The number of nitrogens with one attached hydrogen (secondary N) is 1. The summed E-state index contributed by atoms with van der Waals surface area (Å²) in [6.07, 6.45) is 2.88. The average Bonchev–Trinajstić information content (AvgIpc) is 3.04. The molecule has 2 aromatic rings. The normalized spacial score (nSPS) is 22.8. The lowest BCUT2D eigenvalue weighted by Crippen LogP contribution is -2.41. The Hall–Kier alpha value is -1.81. The number of carbonyl (C=O) groups is 1. The van der Waals surface area contributed by atoms with Crippen LogP contribution in [-0.2, 0) is 4.74 Å². The lowest BCUT2D eigenvalue weighted by Gasteiger charge is -2.27. The zero-order valence-electron chi connectivity index (χ0n) is 11.2. The van der Waals surface area contributed by atoms with E-state index in [9.17, 15) is 4.79 Å². The summed E-state index contributed by atoms with van der Waals surface area (Å²) in [5, 5.41) is 0.978. The molecule has 1 aliphatic rings. The van der Waals surface area contributed by atoms with Crippen molar-refractivity contribution in [3.63, 3.8) is 0 Å². The van der Waals surface area contributed by atoms with Gasteiger partial charge in [0.1, 0.15) is 0 Å². The maximum Gasteiger partial charge on any atom is 0.254 e. The van der Waals surface area contributed by atoms with Crippen molar-refractivity contribution in [2.24, 2.45) is 0 Å². The Bertz CT molecular complexity index is 605. The highest BCUT2D eigenvalue weighted by molar-refractivity contribution is 6.06. The van der Waals surface area contributed by atoms with Crippen molar-refractivity contribution < 1.29 is 9.53 Å². The molecular weight excluding hydrogens is 240 g/mol. The first-order valence-electron chi connectivity index (χ1n) is 6.63. The fraction of sp³-hybridized carbons (Fsp3) is 0.400. The molecule has 1 amide bonds. The van der Waals surface area contributed by atoms with Crippen molar-refractivity contribution in [3.8, 4) is 0 Å². The molecule has 1 aromatic carbocycles. The van der Waals surface area contributed by atoms with Crippen molar-refractivity contribution in [3.05, 3.63) is 36.0 Å². The van der Waals surface area contributed by atoms with Crippen LogP contribution in [0.25, 0.3) is 10.9 Å². The molecule has 2 atom stereocenters. The van der Waals surface area contributed by atoms with E-state index in [0.717, 1.165) is 29.5 Å². The molecule has 0 radical (unpaired) electrons. The maximum atomic E-state index is 12.6. The molecule has 0 aliphatic carbocycles. The predicted octanol–water partition coefficient (Wildman–Crippen LogP) is 2.42. The lowest BCUT2D eigenvalue weighted by molar-refractivity contribution is 0.0576. The number of rotatable bonds is 2. The highest BCUT2D eigenvalue weighted by atomic mass is 16.5. The largest absolute Gasteiger partial charge is 0.376 e. The van der Waals surface area contributed by atoms with Gasteiger partial charge in [0.25, 0.3) is 5.91 Å². The summed E-state index contributed by atoms with van der Waals surface area (Å²) in [6.45, 7) is 2.76. The molecule has 100 valence electrons. The van der Waals surface area contributed by atoms with Crippen LogP contribution < -0.4 is 0 Å². The van der Waals surface area contributed by atoms with E-state index < -0.39 is 0 Å². The number of aromatic nitrogens is 1. The van der Waals surface area contributed by atoms with Gasteiger partial charge in [-0.25, -0.2) is 0 Å². The monoisotopic (exact) mass is 258 g/mol. The summed E-state index contributed by atoms with van der Waals surface area (Å²) < 4.78 is 5.55. The number of hydrogen-bond donors (Lipinski definition) is 1. The molecule has 4 heteroatoms. The Morgan fingerprint density at radius 3 is 3.00 bits per heavy atom. The summed E-state index contributed by atoms with van der Waals surface area (Å²) >= 11 is 0. The van der Waals surface area contributed by atoms with Gasteiger partial charge in [-0.15, -0.1) is 0 Å². The third-order valence-electron chi connectivity index (χ3n) is 3.98. The van der Waals surface area contributed by atoms with E-state index in [4.69, 9.17) is 4.74 Å². The molecule has 1 saturated heterocycles. The minimum atomic E-state index is 0.0625. The van der Waals surface area contributed by atoms with Gasteiger partial charge in [-0.05, 0) is 31.5 Å². The van der Waals surface area contributed by atoms with Crippen molar-refractivity contribution >= 4 is 16.8 Å². The Morgan fingerprint density at radius 1 is 1.42 bits per heavy atom. The second kappa shape index (κ2) is 4.70. The Kier molecular flexibility index (Phi) is 3.03. The molecule has 1 aliphatic heterocycles. The molecule has 1 aromatic heterocycles. The van der Waals surface area contributed by atoms with Gasteiger partial charge in [-0.1, -0.05) is 6.07 Å². The molecule has 1 fully saturated rings. The van der Waals surface area contributed by atoms with Crippen molar-refractivity contribution in [1.29, 1.82) is 0 Å². The van der Waals surface area contributed by atoms with Gasteiger partial charge in [-0.3, -0.25) is 4.79 Å². The van der Waals surface area contributed by atoms with E-state index in [-0.39, 0.29) is 18.1 Å². The quantitative estimate of drug-likeness (QED) is 0.899. The smallest absolute Gasteiger partial charge is 0.254 e. The minimum absolute atomic E-state index is 0.0625. The van der Waals surface area contributed by atoms with E-state index >= 15 is 0 Å². The Morgan fingerprint density at radius 2 is 2.26 bits per heavy atom. The first kappa shape index (κ1) is 12.2. The van der Waals surface area contributed by atoms with E-state index in [2.05, 4.69) is 4.98 Å². The Balaban J connectivity index is 1.93. The van der Waals surface area contributed by atoms with Crippen LogP contribution in [0, 0.1) is 0 Å². The van der Waals surface area contributed by atoms with E-state index in [0.29, 0.717) is 0 Å². The van der Waals surface area contributed by atoms with Crippen LogP contribution in [0.4, 0.5) is 0 Å². The lowest BCUT2D eigenvalue weighted by atomic mass is 10.1. The zero-order valence-corrected chi connectivity index (χ0v) is 11.2. The number of nitrogens with zero attached hydrogens (tertiary/aromatic N) is 1. The number of amides is 1. The molecule has 1 N–H and O–H groups in total. The van der Waals surface area contributed by atoms with E-state index in [1.807, 2.05) is 49.3 Å². The van der Waals surface area contributed by atoms with Crippen LogP contribution >= 0.6 is 0 Å². The highest BCUT2D eigenvalue weighted by Gasteiger charge is 2.31. The number of fused-ring (bicyclic) bond motifs is 1. The summed E-state index contributed by atoms with van der Waals surface area (Å²) in [4.78, 5) is 17.6. The maximum absolute atomic E-state index is 12.6. The number of carbonyl (C=O) groups excluding carboxylic acids is 1.